The second-order valence-corrected chi connectivity index (χ2v) is 9.74. The molecule has 1 aliphatic rings. The smallest absolute Gasteiger partial charge is 0.269 e. The topological polar surface area (TPSA) is 73.2 Å². The van der Waals surface area contributed by atoms with Crippen LogP contribution >= 0.6 is 11.8 Å². The van der Waals surface area contributed by atoms with E-state index in [4.69, 9.17) is 0 Å². The zero-order valence-corrected chi connectivity index (χ0v) is 20.9. The molecule has 0 saturated carbocycles. The van der Waals surface area contributed by atoms with Crippen molar-refractivity contribution in [1.82, 2.24) is 0 Å². The molecule has 4 rings (SSSR count). The Morgan fingerprint density at radius 2 is 1.80 bits per heavy atom. The molecule has 35 heavy (non-hydrogen) atoms. The highest BCUT2D eigenvalue weighted by Crippen LogP contribution is 2.42. The second kappa shape index (κ2) is 10.6. The van der Waals surface area contributed by atoms with Crippen LogP contribution in [-0.4, -0.2) is 17.1 Å². The van der Waals surface area contributed by atoms with Crippen molar-refractivity contribution in [2.75, 3.05) is 10.2 Å². The Morgan fingerprint density at radius 3 is 2.46 bits per heavy atom. The Hall–Kier alpha value is -3.82. The summed E-state index contributed by atoms with van der Waals surface area (Å²) in [6.45, 7) is 6.02. The molecule has 0 bridgehead atoms. The van der Waals surface area contributed by atoms with E-state index in [1.165, 1.54) is 16.7 Å². The Kier molecular flexibility index (Phi) is 7.38. The van der Waals surface area contributed by atoms with Crippen molar-refractivity contribution in [3.63, 3.8) is 0 Å². The van der Waals surface area contributed by atoms with Crippen LogP contribution in [-0.2, 0) is 22.4 Å². The van der Waals surface area contributed by atoms with E-state index in [9.17, 15) is 14.9 Å². The Morgan fingerprint density at radius 1 is 1.06 bits per heavy atom. The molecule has 0 spiro atoms. The first-order chi connectivity index (χ1) is 16.9. The number of carbonyl (C=O) groups excluding carboxylic acids is 2. The fourth-order valence-corrected chi connectivity index (χ4v) is 5.35. The highest BCUT2D eigenvalue weighted by atomic mass is 32.2. The standard InChI is InChI=1S/C29H27N3O2S/c1-4-21-12-14-24(15-13-21)32-28(34)26(17-22-10-6-5-9-20(22)3)35-29(32)25(18-30)27(33)31-23-11-7-8-19(2)16-23/h5-16,26H,4,17H2,1-3H3,(H,31,33)/b29-25-. The average molecular weight is 482 g/mol. The van der Waals surface area contributed by atoms with Crippen molar-refractivity contribution < 1.29 is 9.59 Å². The maximum Gasteiger partial charge on any atom is 0.269 e. The molecule has 0 aliphatic carbocycles. The van der Waals surface area contributed by atoms with Gasteiger partial charge in [0.1, 0.15) is 16.7 Å². The third-order valence-corrected chi connectivity index (χ3v) is 7.31. The van der Waals surface area contributed by atoms with Gasteiger partial charge in [-0.15, -0.1) is 0 Å². The predicted molar refractivity (Wildman–Crippen MR) is 142 cm³/mol. The fraction of sp³-hybridized carbons (Fsp3) is 0.207. The van der Waals surface area contributed by atoms with Gasteiger partial charge in [-0.05, 0) is 73.2 Å². The van der Waals surface area contributed by atoms with Crippen LogP contribution in [0.5, 0.6) is 0 Å². The summed E-state index contributed by atoms with van der Waals surface area (Å²) in [6, 6.07) is 25.1. The van der Waals surface area contributed by atoms with E-state index in [1.54, 1.807) is 6.07 Å². The summed E-state index contributed by atoms with van der Waals surface area (Å²) < 4.78 is 0. The van der Waals surface area contributed by atoms with Crippen molar-refractivity contribution >= 4 is 35.0 Å². The van der Waals surface area contributed by atoms with Crippen molar-refractivity contribution in [1.29, 1.82) is 5.26 Å². The van der Waals surface area contributed by atoms with Gasteiger partial charge in [-0.3, -0.25) is 14.5 Å². The quantitative estimate of drug-likeness (QED) is 0.350. The van der Waals surface area contributed by atoms with E-state index in [0.717, 1.165) is 28.7 Å². The lowest BCUT2D eigenvalue weighted by Gasteiger charge is -2.19. The van der Waals surface area contributed by atoms with Gasteiger partial charge in [0.2, 0.25) is 5.91 Å². The molecule has 0 aromatic heterocycles. The van der Waals surface area contributed by atoms with Gasteiger partial charge in [0.25, 0.3) is 5.91 Å². The van der Waals surface area contributed by atoms with Gasteiger partial charge < -0.3 is 5.32 Å². The molecule has 6 heteroatoms. The molecular weight excluding hydrogens is 454 g/mol. The Bertz CT molecular complexity index is 1340. The monoisotopic (exact) mass is 481 g/mol. The molecule has 5 nitrogen and oxygen atoms in total. The van der Waals surface area contributed by atoms with E-state index >= 15 is 0 Å². The SMILES string of the molecule is CCc1ccc(N2C(=O)C(Cc3ccccc3C)S/C2=C(/C#N)C(=O)Nc2cccc(C)c2)cc1. The number of hydrogen-bond acceptors (Lipinski definition) is 4. The van der Waals surface area contributed by atoms with E-state index in [2.05, 4.69) is 18.3 Å². The normalized spacial score (nSPS) is 16.7. The number of amides is 2. The molecule has 0 radical (unpaired) electrons. The first kappa shape index (κ1) is 24.3. The number of rotatable bonds is 6. The lowest BCUT2D eigenvalue weighted by molar-refractivity contribution is -0.117. The van der Waals surface area contributed by atoms with Gasteiger partial charge in [0.05, 0.1) is 5.25 Å². The van der Waals surface area contributed by atoms with E-state index in [1.807, 2.05) is 80.6 Å². The Labute approximate surface area is 210 Å². The highest BCUT2D eigenvalue weighted by Gasteiger charge is 2.41. The van der Waals surface area contributed by atoms with Crippen LogP contribution in [0.4, 0.5) is 11.4 Å². The molecule has 176 valence electrons. The van der Waals surface area contributed by atoms with Crippen molar-refractivity contribution in [2.45, 2.75) is 38.9 Å². The summed E-state index contributed by atoms with van der Waals surface area (Å²) in [5, 5.41) is 12.8. The summed E-state index contributed by atoms with van der Waals surface area (Å²) in [7, 11) is 0. The maximum absolute atomic E-state index is 13.7. The summed E-state index contributed by atoms with van der Waals surface area (Å²) in [4.78, 5) is 28.4. The summed E-state index contributed by atoms with van der Waals surface area (Å²) in [6.07, 6.45) is 1.39. The van der Waals surface area contributed by atoms with Crippen LogP contribution in [0.15, 0.2) is 83.4 Å². The number of nitrogens with zero attached hydrogens (tertiary/aromatic N) is 2. The Balaban J connectivity index is 1.74. The molecule has 1 heterocycles. The van der Waals surface area contributed by atoms with Gasteiger partial charge in [-0.1, -0.05) is 67.2 Å². The third-order valence-electron chi connectivity index (χ3n) is 6.05. The first-order valence-electron chi connectivity index (χ1n) is 11.6. The molecule has 1 unspecified atom stereocenters. The van der Waals surface area contributed by atoms with Gasteiger partial charge in [0.15, 0.2) is 0 Å². The van der Waals surface area contributed by atoms with Gasteiger partial charge >= 0.3 is 0 Å². The van der Waals surface area contributed by atoms with E-state index in [-0.39, 0.29) is 11.5 Å². The molecule has 3 aromatic carbocycles. The molecule has 1 fully saturated rings. The number of hydrogen-bond donors (Lipinski definition) is 1. The van der Waals surface area contributed by atoms with Crippen LogP contribution in [0.3, 0.4) is 0 Å². The van der Waals surface area contributed by atoms with Crippen molar-refractivity contribution in [3.05, 3.63) is 106 Å². The minimum atomic E-state index is -0.528. The minimum Gasteiger partial charge on any atom is -0.321 e. The van der Waals surface area contributed by atoms with E-state index < -0.39 is 11.2 Å². The third kappa shape index (κ3) is 5.31. The largest absolute Gasteiger partial charge is 0.321 e. The molecule has 1 N–H and O–H groups in total. The van der Waals surface area contributed by atoms with Crippen LogP contribution in [0.1, 0.15) is 29.2 Å². The summed E-state index contributed by atoms with van der Waals surface area (Å²) >= 11 is 1.28. The molecule has 1 saturated heterocycles. The second-order valence-electron chi connectivity index (χ2n) is 8.55. The van der Waals surface area contributed by atoms with Gasteiger partial charge in [-0.2, -0.15) is 5.26 Å². The lowest BCUT2D eigenvalue weighted by atomic mass is 10.0. The maximum atomic E-state index is 13.7. The van der Waals surface area contributed by atoms with Crippen LogP contribution < -0.4 is 10.2 Å². The van der Waals surface area contributed by atoms with E-state index in [0.29, 0.717) is 22.8 Å². The molecular formula is C29H27N3O2S. The minimum absolute atomic E-state index is 0.0725. The average Bonchev–Trinajstić information content (AvgIpc) is 3.16. The predicted octanol–water partition coefficient (Wildman–Crippen LogP) is 5.93. The van der Waals surface area contributed by atoms with Gasteiger partial charge in [-0.25, -0.2) is 0 Å². The number of thioether (sulfide) groups is 1. The highest BCUT2D eigenvalue weighted by molar-refractivity contribution is 8.05. The number of carbonyl (C=O) groups is 2. The summed E-state index contributed by atoms with van der Waals surface area (Å²) in [5.41, 5.74) is 5.50. The van der Waals surface area contributed by atoms with Crippen molar-refractivity contribution in [2.24, 2.45) is 0 Å². The van der Waals surface area contributed by atoms with Crippen LogP contribution in [0.2, 0.25) is 0 Å². The zero-order chi connectivity index (χ0) is 24.9. The molecule has 1 aliphatic heterocycles. The molecule has 2 amide bonds. The number of benzene rings is 3. The molecule has 3 aromatic rings. The van der Waals surface area contributed by atoms with Crippen LogP contribution in [0.25, 0.3) is 0 Å². The lowest BCUT2D eigenvalue weighted by Crippen LogP contribution is -2.31. The number of nitriles is 1. The van der Waals surface area contributed by atoms with Crippen LogP contribution in [0, 0.1) is 25.2 Å². The number of aryl methyl sites for hydroxylation is 3. The first-order valence-corrected chi connectivity index (χ1v) is 12.5. The molecule has 1 atom stereocenters. The van der Waals surface area contributed by atoms with Crippen molar-refractivity contribution in [3.8, 4) is 6.07 Å². The number of anilines is 2. The summed E-state index contributed by atoms with van der Waals surface area (Å²) in [5.74, 6) is -0.659. The zero-order valence-electron chi connectivity index (χ0n) is 20.0. The van der Waals surface area contributed by atoms with Gasteiger partial charge in [0, 0.05) is 11.4 Å². The fourth-order valence-electron chi connectivity index (χ4n) is 4.06. The number of nitrogens with one attached hydrogen (secondary N) is 1.